The molecule has 1 N–H and O–H groups in total. The van der Waals surface area contributed by atoms with E-state index >= 15 is 0 Å². The van der Waals surface area contributed by atoms with Crippen LogP contribution in [-0.2, 0) is 19.9 Å². The van der Waals surface area contributed by atoms with E-state index in [0.717, 1.165) is 31.3 Å². The number of rotatable bonds is 7. The number of carbonyl (C=O) groups excluding carboxylic acids is 2. The molecular formula is C20H29N5O3. The van der Waals surface area contributed by atoms with Crippen molar-refractivity contribution in [3.8, 4) is 0 Å². The molecule has 1 aliphatic carbocycles. The van der Waals surface area contributed by atoms with E-state index in [4.69, 9.17) is 4.74 Å². The standard InChI is InChI=1S/C20H29N5O3/c1-28-7-6-24-11-15(8-17(24)26)19(27)22-16-9-20(25-5-4-21-18(16)25)12-23(13-20)10-14-2-3-14/h4-5,14-16H,2-3,6-13H2,1H3,(H,22,27). The van der Waals surface area contributed by atoms with Gasteiger partial charge in [-0.3, -0.25) is 14.5 Å². The van der Waals surface area contributed by atoms with Crippen LogP contribution in [0.1, 0.15) is 37.5 Å². The summed E-state index contributed by atoms with van der Waals surface area (Å²) >= 11 is 0. The van der Waals surface area contributed by atoms with Crippen molar-refractivity contribution in [2.24, 2.45) is 11.8 Å². The molecule has 3 aliphatic heterocycles. The third-order valence-electron chi connectivity index (χ3n) is 6.79. The second-order valence-corrected chi connectivity index (χ2v) is 8.99. The number of likely N-dealkylation sites (tertiary alicyclic amines) is 2. The molecule has 0 aromatic carbocycles. The average molecular weight is 387 g/mol. The van der Waals surface area contributed by atoms with Gasteiger partial charge in [-0.1, -0.05) is 0 Å². The lowest BCUT2D eigenvalue weighted by Crippen LogP contribution is -2.61. The third kappa shape index (κ3) is 3.12. The monoisotopic (exact) mass is 387 g/mol. The van der Waals surface area contributed by atoms with Gasteiger partial charge in [0.2, 0.25) is 11.8 Å². The summed E-state index contributed by atoms with van der Waals surface area (Å²) in [5.41, 5.74) is 0.0780. The fourth-order valence-corrected chi connectivity index (χ4v) is 5.18. The topological polar surface area (TPSA) is 79.7 Å². The van der Waals surface area contributed by atoms with Crippen LogP contribution in [0.25, 0.3) is 0 Å². The minimum absolute atomic E-state index is 0.0287. The van der Waals surface area contributed by atoms with Crippen molar-refractivity contribution < 1.29 is 14.3 Å². The van der Waals surface area contributed by atoms with Crippen LogP contribution in [0.15, 0.2) is 12.4 Å². The lowest BCUT2D eigenvalue weighted by Gasteiger charge is -2.49. The number of nitrogens with one attached hydrogen (secondary N) is 1. The molecule has 8 nitrogen and oxygen atoms in total. The summed E-state index contributed by atoms with van der Waals surface area (Å²) in [7, 11) is 1.62. The lowest BCUT2D eigenvalue weighted by atomic mass is 9.85. The fourth-order valence-electron chi connectivity index (χ4n) is 5.18. The van der Waals surface area contributed by atoms with Crippen LogP contribution in [0.2, 0.25) is 0 Å². The van der Waals surface area contributed by atoms with Gasteiger partial charge in [0.1, 0.15) is 5.82 Å². The van der Waals surface area contributed by atoms with Crippen molar-refractivity contribution >= 4 is 11.8 Å². The van der Waals surface area contributed by atoms with E-state index in [1.807, 2.05) is 6.20 Å². The molecule has 28 heavy (non-hydrogen) atoms. The van der Waals surface area contributed by atoms with E-state index in [9.17, 15) is 9.59 Å². The third-order valence-corrected chi connectivity index (χ3v) is 6.79. The molecule has 4 heterocycles. The predicted octanol–water partition coefficient (Wildman–Crippen LogP) is 0.360. The van der Waals surface area contributed by atoms with E-state index in [-0.39, 0.29) is 35.7 Å². The first-order valence-corrected chi connectivity index (χ1v) is 10.4. The predicted molar refractivity (Wildman–Crippen MR) is 101 cm³/mol. The molecular weight excluding hydrogens is 358 g/mol. The number of hydrogen-bond donors (Lipinski definition) is 1. The molecule has 5 rings (SSSR count). The molecule has 1 aromatic rings. The Labute approximate surface area is 165 Å². The van der Waals surface area contributed by atoms with Gasteiger partial charge in [-0.05, 0) is 18.8 Å². The van der Waals surface area contributed by atoms with Gasteiger partial charge in [-0.2, -0.15) is 0 Å². The first-order chi connectivity index (χ1) is 13.6. The van der Waals surface area contributed by atoms with Crippen LogP contribution >= 0.6 is 0 Å². The van der Waals surface area contributed by atoms with Crippen LogP contribution in [0.3, 0.4) is 0 Å². The maximum absolute atomic E-state index is 12.9. The van der Waals surface area contributed by atoms with Gasteiger partial charge in [0.15, 0.2) is 0 Å². The van der Waals surface area contributed by atoms with Crippen LogP contribution in [0.5, 0.6) is 0 Å². The highest BCUT2D eigenvalue weighted by Gasteiger charge is 2.53. The van der Waals surface area contributed by atoms with Gasteiger partial charge in [0.05, 0.1) is 24.1 Å². The first-order valence-electron chi connectivity index (χ1n) is 10.4. The molecule has 2 amide bonds. The Bertz CT molecular complexity index is 768. The smallest absolute Gasteiger partial charge is 0.226 e. The van der Waals surface area contributed by atoms with Gasteiger partial charge in [0, 0.05) is 65.1 Å². The number of nitrogens with zero attached hydrogens (tertiary/aromatic N) is 4. The molecule has 3 fully saturated rings. The minimum atomic E-state index is -0.280. The number of amides is 2. The highest BCUT2D eigenvalue weighted by Crippen LogP contribution is 2.45. The van der Waals surface area contributed by atoms with Gasteiger partial charge >= 0.3 is 0 Å². The highest BCUT2D eigenvalue weighted by atomic mass is 16.5. The number of imidazole rings is 1. The number of fused-ring (bicyclic) bond motifs is 2. The average Bonchev–Trinajstić information content (AvgIpc) is 3.07. The zero-order chi connectivity index (χ0) is 19.3. The number of carbonyl (C=O) groups is 2. The molecule has 1 saturated carbocycles. The lowest BCUT2D eigenvalue weighted by molar-refractivity contribution is -0.129. The number of aromatic nitrogens is 2. The summed E-state index contributed by atoms with van der Waals surface area (Å²) in [4.78, 5) is 33.8. The largest absolute Gasteiger partial charge is 0.383 e. The van der Waals surface area contributed by atoms with Crippen LogP contribution in [0, 0.1) is 11.8 Å². The van der Waals surface area contributed by atoms with Crippen LogP contribution in [-0.4, -0.2) is 77.6 Å². The molecule has 0 bridgehead atoms. The van der Waals surface area contributed by atoms with Crippen LogP contribution < -0.4 is 5.32 Å². The Balaban J connectivity index is 1.21. The van der Waals surface area contributed by atoms with Crippen molar-refractivity contribution in [2.45, 2.75) is 37.3 Å². The van der Waals surface area contributed by atoms with Crippen molar-refractivity contribution in [1.82, 2.24) is 24.7 Å². The maximum atomic E-state index is 12.9. The molecule has 2 atom stereocenters. The van der Waals surface area contributed by atoms with Gasteiger partial charge in [-0.25, -0.2) is 4.98 Å². The Kier molecular flexibility index (Phi) is 4.43. The number of methoxy groups -OCH3 is 1. The Morgan fingerprint density at radius 3 is 2.96 bits per heavy atom. The first kappa shape index (κ1) is 18.1. The number of hydrogen-bond acceptors (Lipinski definition) is 5. The normalized spacial score (nSPS) is 28.6. The minimum Gasteiger partial charge on any atom is -0.383 e. The molecule has 2 unspecified atom stereocenters. The maximum Gasteiger partial charge on any atom is 0.226 e. The van der Waals surface area contributed by atoms with E-state index in [1.54, 1.807) is 12.0 Å². The van der Waals surface area contributed by atoms with Gasteiger partial charge < -0.3 is 19.5 Å². The summed E-state index contributed by atoms with van der Waals surface area (Å²) in [5.74, 6) is 1.59. The van der Waals surface area contributed by atoms with Crippen molar-refractivity contribution in [3.05, 3.63) is 18.2 Å². The zero-order valence-corrected chi connectivity index (χ0v) is 16.5. The summed E-state index contributed by atoms with van der Waals surface area (Å²) in [5, 5.41) is 3.20. The Hall–Kier alpha value is -1.93. The SMILES string of the molecule is COCCN1CC(C(=O)NC2CC3(CN(CC4CC4)C3)n3ccnc32)CC1=O. The summed E-state index contributed by atoms with van der Waals surface area (Å²) < 4.78 is 7.34. The van der Waals surface area contributed by atoms with Crippen molar-refractivity contribution in [2.75, 3.05) is 46.4 Å². The van der Waals surface area contributed by atoms with Gasteiger partial charge in [0.25, 0.3) is 0 Å². The Morgan fingerprint density at radius 2 is 2.21 bits per heavy atom. The second kappa shape index (κ2) is 6.84. The second-order valence-electron chi connectivity index (χ2n) is 8.99. The molecule has 4 aliphatic rings. The zero-order valence-electron chi connectivity index (χ0n) is 16.5. The molecule has 1 aromatic heterocycles. The molecule has 8 heteroatoms. The van der Waals surface area contributed by atoms with E-state index in [2.05, 4.69) is 26.0 Å². The molecule has 152 valence electrons. The number of ether oxygens (including phenoxy) is 1. The fraction of sp³-hybridized carbons (Fsp3) is 0.750. The molecule has 0 radical (unpaired) electrons. The summed E-state index contributed by atoms with van der Waals surface area (Å²) in [6.45, 7) is 4.84. The summed E-state index contributed by atoms with van der Waals surface area (Å²) in [6, 6.07) is -0.0614. The van der Waals surface area contributed by atoms with E-state index in [1.165, 1.54) is 19.4 Å². The van der Waals surface area contributed by atoms with E-state index < -0.39 is 0 Å². The Morgan fingerprint density at radius 1 is 1.39 bits per heavy atom. The van der Waals surface area contributed by atoms with Crippen molar-refractivity contribution in [3.63, 3.8) is 0 Å². The molecule has 1 spiro atoms. The van der Waals surface area contributed by atoms with Crippen LogP contribution in [0.4, 0.5) is 0 Å². The van der Waals surface area contributed by atoms with E-state index in [0.29, 0.717) is 19.7 Å². The quantitative estimate of drug-likeness (QED) is 0.731. The summed E-state index contributed by atoms with van der Waals surface area (Å²) in [6.07, 6.45) is 7.83. The van der Waals surface area contributed by atoms with Gasteiger partial charge in [-0.15, -0.1) is 0 Å². The molecule has 2 saturated heterocycles. The van der Waals surface area contributed by atoms with Crippen molar-refractivity contribution in [1.29, 1.82) is 0 Å². The highest BCUT2D eigenvalue weighted by molar-refractivity contribution is 5.89.